The van der Waals surface area contributed by atoms with Crippen molar-refractivity contribution >= 4 is 5.91 Å². The van der Waals surface area contributed by atoms with Crippen LogP contribution in [0.4, 0.5) is 0 Å². The quantitative estimate of drug-likeness (QED) is 0.578. The molecule has 13 heavy (non-hydrogen) atoms. The molecule has 0 spiro atoms. The van der Waals surface area contributed by atoms with Crippen molar-refractivity contribution in [2.45, 2.75) is 25.0 Å². The molecule has 2 aliphatic rings. The largest absolute Gasteiger partial charge is 0.381 e. The van der Waals surface area contributed by atoms with E-state index in [2.05, 4.69) is 0 Å². The van der Waals surface area contributed by atoms with Crippen molar-refractivity contribution in [1.29, 1.82) is 0 Å². The van der Waals surface area contributed by atoms with Gasteiger partial charge in [0.15, 0.2) is 0 Å². The number of rotatable bonds is 1. The second-order valence-corrected chi connectivity index (χ2v) is 3.64. The Bertz CT molecular complexity index is 207. The molecule has 2 rings (SSSR count). The van der Waals surface area contributed by atoms with Gasteiger partial charge in [-0.15, -0.1) is 0 Å². The van der Waals surface area contributed by atoms with E-state index in [9.17, 15) is 4.79 Å². The van der Waals surface area contributed by atoms with Gasteiger partial charge in [0.2, 0.25) is 5.91 Å². The maximum absolute atomic E-state index is 11.4. The van der Waals surface area contributed by atoms with Crippen LogP contribution in [0.2, 0.25) is 0 Å². The molecule has 2 atom stereocenters. The summed E-state index contributed by atoms with van der Waals surface area (Å²) in [7, 11) is 1.73. The second kappa shape index (κ2) is 3.64. The van der Waals surface area contributed by atoms with Gasteiger partial charge < -0.3 is 14.4 Å². The molecule has 2 unspecified atom stereocenters. The zero-order chi connectivity index (χ0) is 9.26. The van der Waals surface area contributed by atoms with E-state index in [-0.39, 0.29) is 18.6 Å². The van der Waals surface area contributed by atoms with E-state index >= 15 is 0 Å². The minimum absolute atomic E-state index is 0.130. The summed E-state index contributed by atoms with van der Waals surface area (Å²) in [5.41, 5.74) is 0. The molecule has 0 radical (unpaired) electrons. The number of carbonyl (C=O) groups excluding carboxylic acids is 1. The number of hydrogen-bond donors (Lipinski definition) is 0. The Kier molecular flexibility index (Phi) is 2.51. The fourth-order valence-corrected chi connectivity index (χ4v) is 2.08. The monoisotopic (exact) mass is 185 g/mol. The number of morpholine rings is 1. The van der Waals surface area contributed by atoms with Crippen molar-refractivity contribution in [3.63, 3.8) is 0 Å². The van der Waals surface area contributed by atoms with Crippen molar-refractivity contribution in [1.82, 2.24) is 4.90 Å². The molecule has 0 N–H and O–H groups in total. The molecule has 0 bridgehead atoms. The Labute approximate surface area is 77.8 Å². The van der Waals surface area contributed by atoms with Gasteiger partial charge in [0.05, 0.1) is 18.8 Å². The first-order valence-electron chi connectivity index (χ1n) is 4.71. The van der Waals surface area contributed by atoms with Gasteiger partial charge in [0.1, 0.15) is 6.61 Å². The Morgan fingerprint density at radius 2 is 2.46 bits per heavy atom. The van der Waals surface area contributed by atoms with Crippen molar-refractivity contribution in [2.75, 3.05) is 26.9 Å². The minimum Gasteiger partial charge on any atom is -0.381 e. The normalized spacial score (nSPS) is 34.5. The molecular formula is C9H15NO3. The number of hydrogen-bond acceptors (Lipinski definition) is 3. The molecular weight excluding hydrogens is 170 g/mol. The summed E-state index contributed by atoms with van der Waals surface area (Å²) in [4.78, 5) is 13.3. The van der Waals surface area contributed by atoms with Crippen LogP contribution in [0.15, 0.2) is 0 Å². The molecule has 1 amide bonds. The second-order valence-electron chi connectivity index (χ2n) is 3.64. The zero-order valence-corrected chi connectivity index (χ0v) is 7.86. The number of carbonyl (C=O) groups is 1. The van der Waals surface area contributed by atoms with Gasteiger partial charge in [-0.25, -0.2) is 0 Å². The van der Waals surface area contributed by atoms with Gasteiger partial charge in [0.25, 0.3) is 0 Å². The number of amides is 1. The lowest BCUT2D eigenvalue weighted by Gasteiger charge is -2.41. The van der Waals surface area contributed by atoms with Gasteiger partial charge in [-0.2, -0.15) is 0 Å². The van der Waals surface area contributed by atoms with Crippen LogP contribution < -0.4 is 0 Å². The van der Waals surface area contributed by atoms with Gasteiger partial charge in [-0.05, 0) is 12.8 Å². The first-order chi connectivity index (χ1) is 6.31. The minimum atomic E-state index is 0.130. The molecule has 0 aromatic carbocycles. The first kappa shape index (κ1) is 8.97. The molecule has 0 aromatic heterocycles. The number of ether oxygens (including phenoxy) is 2. The molecule has 2 saturated heterocycles. The Balaban J connectivity index is 1.99. The van der Waals surface area contributed by atoms with E-state index in [1.54, 1.807) is 7.11 Å². The van der Waals surface area contributed by atoms with Gasteiger partial charge in [-0.1, -0.05) is 0 Å². The third-order valence-corrected chi connectivity index (χ3v) is 2.86. The standard InChI is InChI=1S/C9H15NO3/c1-12-8-2-3-10-7(4-8)5-13-6-9(10)11/h7-8H,2-6H2,1H3. The van der Waals surface area contributed by atoms with Crippen LogP contribution in [-0.4, -0.2) is 49.8 Å². The van der Waals surface area contributed by atoms with Gasteiger partial charge in [0, 0.05) is 13.7 Å². The summed E-state index contributed by atoms with van der Waals surface area (Å²) < 4.78 is 10.5. The third-order valence-electron chi connectivity index (χ3n) is 2.86. The lowest BCUT2D eigenvalue weighted by atomic mass is 9.99. The summed E-state index contributed by atoms with van der Waals surface area (Å²) in [6, 6.07) is 0.250. The smallest absolute Gasteiger partial charge is 0.248 e. The fourth-order valence-electron chi connectivity index (χ4n) is 2.08. The first-order valence-corrected chi connectivity index (χ1v) is 4.71. The van der Waals surface area contributed by atoms with Crippen LogP contribution in [0.3, 0.4) is 0 Å². The number of piperidine rings is 1. The highest BCUT2D eigenvalue weighted by molar-refractivity contribution is 5.78. The lowest BCUT2D eigenvalue weighted by Crippen LogP contribution is -2.54. The van der Waals surface area contributed by atoms with Gasteiger partial charge in [-0.3, -0.25) is 4.79 Å². The van der Waals surface area contributed by atoms with Crippen molar-refractivity contribution in [3.05, 3.63) is 0 Å². The summed E-state index contributed by atoms with van der Waals surface area (Å²) >= 11 is 0. The topological polar surface area (TPSA) is 38.8 Å². The average Bonchev–Trinajstić information content (AvgIpc) is 2.18. The van der Waals surface area contributed by atoms with Crippen molar-refractivity contribution in [3.8, 4) is 0 Å². The Morgan fingerprint density at radius 3 is 3.23 bits per heavy atom. The third kappa shape index (κ3) is 1.69. The van der Waals surface area contributed by atoms with Crippen molar-refractivity contribution < 1.29 is 14.3 Å². The molecule has 2 heterocycles. The number of methoxy groups -OCH3 is 1. The van der Waals surface area contributed by atoms with Crippen LogP contribution in [0, 0.1) is 0 Å². The molecule has 74 valence electrons. The Hall–Kier alpha value is -0.610. The highest BCUT2D eigenvalue weighted by Gasteiger charge is 2.34. The highest BCUT2D eigenvalue weighted by Crippen LogP contribution is 2.22. The van der Waals surface area contributed by atoms with Gasteiger partial charge >= 0.3 is 0 Å². The van der Waals surface area contributed by atoms with E-state index in [1.165, 1.54) is 0 Å². The van der Waals surface area contributed by atoms with E-state index in [0.717, 1.165) is 19.4 Å². The highest BCUT2D eigenvalue weighted by atomic mass is 16.5. The zero-order valence-electron chi connectivity index (χ0n) is 7.86. The van der Waals surface area contributed by atoms with Crippen LogP contribution in [-0.2, 0) is 14.3 Å². The SMILES string of the molecule is COC1CCN2C(=O)COCC2C1. The molecule has 0 saturated carbocycles. The van der Waals surface area contributed by atoms with Crippen LogP contribution in [0.1, 0.15) is 12.8 Å². The van der Waals surface area contributed by atoms with Crippen LogP contribution >= 0.6 is 0 Å². The summed E-state index contributed by atoms with van der Waals surface area (Å²) in [5.74, 6) is 0.130. The van der Waals surface area contributed by atoms with Crippen LogP contribution in [0.5, 0.6) is 0 Å². The predicted octanol–water partition coefficient (Wildman–Crippen LogP) is 0.0226. The maximum atomic E-state index is 11.4. The number of nitrogens with zero attached hydrogens (tertiary/aromatic N) is 1. The lowest BCUT2D eigenvalue weighted by molar-refractivity contribution is -0.153. The molecule has 0 aromatic rings. The van der Waals surface area contributed by atoms with E-state index < -0.39 is 0 Å². The molecule has 2 aliphatic heterocycles. The molecule has 4 heteroatoms. The average molecular weight is 185 g/mol. The number of fused-ring (bicyclic) bond motifs is 1. The Morgan fingerprint density at radius 1 is 1.62 bits per heavy atom. The summed E-state index contributed by atoms with van der Waals surface area (Å²) in [6.45, 7) is 1.76. The van der Waals surface area contributed by atoms with E-state index in [0.29, 0.717) is 12.7 Å². The van der Waals surface area contributed by atoms with Crippen molar-refractivity contribution in [2.24, 2.45) is 0 Å². The maximum Gasteiger partial charge on any atom is 0.248 e. The predicted molar refractivity (Wildman–Crippen MR) is 46.4 cm³/mol. The molecule has 2 fully saturated rings. The van der Waals surface area contributed by atoms with E-state index in [1.807, 2.05) is 4.90 Å². The van der Waals surface area contributed by atoms with Crippen LogP contribution in [0.25, 0.3) is 0 Å². The molecule has 0 aliphatic carbocycles. The summed E-state index contributed by atoms with van der Waals surface area (Å²) in [6.07, 6.45) is 2.18. The molecule has 4 nitrogen and oxygen atoms in total. The van der Waals surface area contributed by atoms with E-state index in [4.69, 9.17) is 9.47 Å². The fraction of sp³-hybridized carbons (Fsp3) is 0.889. The summed E-state index contributed by atoms with van der Waals surface area (Å²) in [5, 5.41) is 0.